The van der Waals surface area contributed by atoms with Crippen LogP contribution in [0.3, 0.4) is 0 Å². The van der Waals surface area contributed by atoms with Crippen LogP contribution in [0.2, 0.25) is 0 Å². The van der Waals surface area contributed by atoms with E-state index in [4.69, 9.17) is 0 Å². The van der Waals surface area contributed by atoms with Crippen LogP contribution in [0.4, 0.5) is 0 Å². The Morgan fingerprint density at radius 3 is 2.32 bits per heavy atom. The predicted molar refractivity (Wildman–Crippen MR) is 84.2 cm³/mol. The normalized spacial score (nSPS) is 19.4. The second kappa shape index (κ2) is 5.61. The van der Waals surface area contributed by atoms with Gasteiger partial charge in [0, 0.05) is 5.41 Å². The van der Waals surface area contributed by atoms with Crippen molar-refractivity contribution in [1.82, 2.24) is 0 Å². The summed E-state index contributed by atoms with van der Waals surface area (Å²) in [6, 6.07) is 10.8. The molecule has 0 heterocycles. The van der Waals surface area contributed by atoms with E-state index >= 15 is 0 Å². The summed E-state index contributed by atoms with van der Waals surface area (Å²) < 4.78 is 0. The molecule has 19 heavy (non-hydrogen) atoms. The molecule has 0 radical (unpaired) electrons. The highest BCUT2D eigenvalue weighted by atomic mass is 14.3. The molecule has 0 aromatic heterocycles. The van der Waals surface area contributed by atoms with Crippen LogP contribution in [-0.4, -0.2) is 0 Å². The largest absolute Gasteiger partial charge is 0.0773 e. The topological polar surface area (TPSA) is 0 Å². The van der Waals surface area contributed by atoms with E-state index in [9.17, 15) is 0 Å². The summed E-state index contributed by atoms with van der Waals surface area (Å²) in [7, 11) is 0. The van der Waals surface area contributed by atoms with E-state index in [1.165, 1.54) is 11.1 Å². The standard InChI is InChI=1S/C19H24/c1-15(2)16-10-8-9-13-18(14-16)19(3,4)17-11-6-5-7-12-17/h5-16H,1-4H3. The van der Waals surface area contributed by atoms with Crippen LogP contribution in [0.15, 0.2) is 66.3 Å². The molecule has 1 aromatic carbocycles. The Hall–Kier alpha value is -1.56. The van der Waals surface area contributed by atoms with E-state index in [-0.39, 0.29) is 5.41 Å². The molecule has 0 saturated heterocycles. The summed E-state index contributed by atoms with van der Waals surface area (Å²) in [5.74, 6) is 1.16. The first-order chi connectivity index (χ1) is 9.01. The zero-order chi connectivity index (χ0) is 13.9. The third-order valence-electron chi connectivity index (χ3n) is 4.08. The Bertz CT molecular complexity index is 498. The summed E-state index contributed by atoms with van der Waals surface area (Å²) in [4.78, 5) is 0. The molecule has 0 saturated carbocycles. The summed E-state index contributed by atoms with van der Waals surface area (Å²) in [5.41, 5.74) is 2.83. The monoisotopic (exact) mass is 252 g/mol. The molecule has 100 valence electrons. The van der Waals surface area contributed by atoms with E-state index in [0.717, 1.165) is 0 Å². The van der Waals surface area contributed by atoms with Crippen molar-refractivity contribution in [2.24, 2.45) is 11.8 Å². The minimum absolute atomic E-state index is 0.0525. The van der Waals surface area contributed by atoms with Crippen molar-refractivity contribution in [1.29, 1.82) is 0 Å². The summed E-state index contributed by atoms with van der Waals surface area (Å²) >= 11 is 0. The van der Waals surface area contributed by atoms with Gasteiger partial charge in [-0.25, -0.2) is 0 Å². The van der Waals surface area contributed by atoms with Crippen LogP contribution in [-0.2, 0) is 5.41 Å². The highest BCUT2D eigenvalue weighted by molar-refractivity contribution is 5.42. The molecule has 2 rings (SSSR count). The van der Waals surface area contributed by atoms with E-state index in [0.29, 0.717) is 11.8 Å². The zero-order valence-corrected chi connectivity index (χ0v) is 12.4. The average molecular weight is 252 g/mol. The molecule has 0 aliphatic heterocycles. The van der Waals surface area contributed by atoms with Crippen LogP contribution in [0.5, 0.6) is 0 Å². The van der Waals surface area contributed by atoms with Gasteiger partial charge in [0.25, 0.3) is 0 Å². The van der Waals surface area contributed by atoms with Crippen LogP contribution in [0.25, 0.3) is 0 Å². The minimum Gasteiger partial charge on any atom is -0.0773 e. The van der Waals surface area contributed by atoms with Gasteiger partial charge in [-0.15, -0.1) is 0 Å². The van der Waals surface area contributed by atoms with Gasteiger partial charge in [0.1, 0.15) is 0 Å². The Morgan fingerprint density at radius 2 is 1.68 bits per heavy atom. The molecule has 0 N–H and O–H groups in total. The Balaban J connectivity index is 2.39. The highest BCUT2D eigenvalue weighted by Gasteiger charge is 2.25. The molecule has 0 fully saturated rings. The number of benzene rings is 1. The van der Waals surface area contributed by atoms with E-state index in [1.807, 2.05) is 0 Å². The van der Waals surface area contributed by atoms with Crippen LogP contribution < -0.4 is 0 Å². The lowest BCUT2D eigenvalue weighted by molar-refractivity contribution is 0.538. The third-order valence-corrected chi connectivity index (χ3v) is 4.08. The lowest BCUT2D eigenvalue weighted by atomic mass is 9.76. The van der Waals surface area contributed by atoms with Gasteiger partial charge in [-0.1, -0.05) is 88.4 Å². The van der Waals surface area contributed by atoms with Crippen molar-refractivity contribution >= 4 is 0 Å². The first-order valence-electron chi connectivity index (χ1n) is 7.14. The quantitative estimate of drug-likeness (QED) is 0.685. The van der Waals surface area contributed by atoms with Gasteiger partial charge in [-0.2, -0.15) is 0 Å². The lowest BCUT2D eigenvalue weighted by Gasteiger charge is -2.28. The van der Waals surface area contributed by atoms with Gasteiger partial charge in [-0.05, 0) is 23.0 Å². The molecule has 0 nitrogen and oxygen atoms in total. The van der Waals surface area contributed by atoms with Crippen LogP contribution in [0.1, 0.15) is 33.3 Å². The first kappa shape index (κ1) is 13.9. The Kier molecular flexibility index (Phi) is 4.09. The fourth-order valence-corrected chi connectivity index (χ4v) is 2.52. The van der Waals surface area contributed by atoms with Gasteiger partial charge < -0.3 is 0 Å². The van der Waals surface area contributed by atoms with E-state index in [2.05, 4.69) is 88.4 Å². The van der Waals surface area contributed by atoms with Crippen molar-refractivity contribution in [2.75, 3.05) is 0 Å². The smallest absolute Gasteiger partial charge is 0.0143 e. The molecular formula is C19H24. The average Bonchev–Trinajstić information content (AvgIpc) is 2.66. The van der Waals surface area contributed by atoms with Crippen molar-refractivity contribution in [3.63, 3.8) is 0 Å². The third kappa shape index (κ3) is 3.07. The number of rotatable bonds is 3. The maximum atomic E-state index is 2.43. The van der Waals surface area contributed by atoms with Gasteiger partial charge in [-0.3, -0.25) is 0 Å². The van der Waals surface area contributed by atoms with Gasteiger partial charge in [0.05, 0.1) is 0 Å². The molecule has 1 aliphatic carbocycles. The van der Waals surface area contributed by atoms with Gasteiger partial charge >= 0.3 is 0 Å². The molecule has 1 aromatic rings. The van der Waals surface area contributed by atoms with E-state index in [1.54, 1.807) is 0 Å². The lowest BCUT2D eigenvalue weighted by Crippen LogP contribution is -2.20. The molecule has 0 amide bonds. The summed E-state index contributed by atoms with van der Waals surface area (Å²) in [5, 5.41) is 0. The second-order valence-electron chi connectivity index (χ2n) is 6.18. The van der Waals surface area contributed by atoms with Crippen molar-refractivity contribution in [2.45, 2.75) is 33.1 Å². The van der Waals surface area contributed by atoms with Crippen LogP contribution >= 0.6 is 0 Å². The Morgan fingerprint density at radius 1 is 1.00 bits per heavy atom. The SMILES string of the molecule is CC(C)C1C=CC=CC(C(C)(C)c2ccccc2)=C1. The summed E-state index contributed by atoms with van der Waals surface area (Å²) in [6.45, 7) is 9.18. The number of hydrogen-bond acceptors (Lipinski definition) is 0. The maximum absolute atomic E-state index is 2.43. The molecule has 0 heteroatoms. The minimum atomic E-state index is 0.0525. The molecule has 1 aliphatic rings. The van der Waals surface area contributed by atoms with Crippen molar-refractivity contribution < 1.29 is 0 Å². The predicted octanol–water partition coefficient (Wildman–Crippen LogP) is 5.29. The fourth-order valence-electron chi connectivity index (χ4n) is 2.52. The summed E-state index contributed by atoms with van der Waals surface area (Å²) in [6.07, 6.45) is 11.3. The Labute approximate surface area is 117 Å². The number of hydrogen-bond donors (Lipinski definition) is 0. The van der Waals surface area contributed by atoms with Crippen LogP contribution in [0, 0.1) is 11.8 Å². The van der Waals surface area contributed by atoms with Crippen molar-refractivity contribution in [3.05, 3.63) is 71.8 Å². The van der Waals surface area contributed by atoms with Gasteiger partial charge in [0.2, 0.25) is 0 Å². The van der Waals surface area contributed by atoms with Gasteiger partial charge in [0.15, 0.2) is 0 Å². The maximum Gasteiger partial charge on any atom is 0.0143 e. The fraction of sp³-hybridized carbons (Fsp3) is 0.368. The zero-order valence-electron chi connectivity index (χ0n) is 12.4. The molecule has 0 spiro atoms. The molecular weight excluding hydrogens is 228 g/mol. The highest BCUT2D eigenvalue weighted by Crippen LogP contribution is 2.35. The molecule has 1 atom stereocenters. The van der Waals surface area contributed by atoms with E-state index < -0.39 is 0 Å². The molecule has 1 unspecified atom stereocenters. The second-order valence-corrected chi connectivity index (χ2v) is 6.18. The number of allylic oxidation sites excluding steroid dienone is 6. The molecule has 0 bridgehead atoms. The first-order valence-corrected chi connectivity index (χ1v) is 7.14. The van der Waals surface area contributed by atoms with Crippen molar-refractivity contribution in [3.8, 4) is 0 Å².